The van der Waals surface area contributed by atoms with Gasteiger partial charge in [-0.15, -0.1) is 0 Å². The average molecular weight is 239 g/mol. The van der Waals surface area contributed by atoms with Gasteiger partial charge in [-0.1, -0.05) is 20.3 Å². The van der Waals surface area contributed by atoms with Crippen LogP contribution >= 0.6 is 0 Å². The molecule has 98 valence electrons. The monoisotopic (exact) mass is 239 g/mol. The second-order valence-electron chi connectivity index (χ2n) is 5.66. The van der Waals surface area contributed by atoms with Gasteiger partial charge in [0.05, 0.1) is 12.2 Å². The number of nitrogens with one attached hydrogen (secondary N) is 1. The topological polar surface area (TPSA) is 35.6 Å². The van der Waals surface area contributed by atoms with Crippen LogP contribution in [0.4, 0.5) is 0 Å². The Morgan fingerprint density at radius 3 is 2.76 bits per heavy atom. The summed E-state index contributed by atoms with van der Waals surface area (Å²) in [5.41, 5.74) is 0. The highest BCUT2D eigenvalue weighted by Crippen LogP contribution is 2.25. The third-order valence-electron chi connectivity index (χ3n) is 4.33. The number of amides is 1. The zero-order valence-electron chi connectivity index (χ0n) is 11.4. The van der Waals surface area contributed by atoms with Gasteiger partial charge in [0, 0.05) is 12.6 Å². The molecule has 0 aromatic carbocycles. The van der Waals surface area contributed by atoms with Crippen LogP contribution < -0.4 is 5.32 Å². The highest BCUT2D eigenvalue weighted by molar-refractivity contribution is 5.85. The van der Waals surface area contributed by atoms with Crippen molar-refractivity contribution in [3.8, 4) is 0 Å². The molecular formula is C13H25N3O. The van der Waals surface area contributed by atoms with Gasteiger partial charge in [0.15, 0.2) is 0 Å². The van der Waals surface area contributed by atoms with Gasteiger partial charge in [0.1, 0.15) is 0 Å². The molecule has 0 spiro atoms. The summed E-state index contributed by atoms with van der Waals surface area (Å²) >= 11 is 0. The standard InChI is InChI=1S/C13H25N3O/c1-5-9(2)12-13(17)16(10(3)14-12)11-6-7-15(4)8-11/h9-12,14H,5-8H2,1-4H3. The maximum absolute atomic E-state index is 12.5. The Balaban J connectivity index is 2.06. The molecule has 1 N–H and O–H groups in total. The largest absolute Gasteiger partial charge is 0.322 e. The quantitative estimate of drug-likeness (QED) is 0.794. The lowest BCUT2D eigenvalue weighted by atomic mass is 9.99. The molecule has 2 aliphatic heterocycles. The van der Waals surface area contributed by atoms with Crippen LogP contribution in [0.5, 0.6) is 0 Å². The van der Waals surface area contributed by atoms with Crippen molar-refractivity contribution in [3.05, 3.63) is 0 Å². The Labute approximate surface area is 104 Å². The van der Waals surface area contributed by atoms with E-state index in [0.717, 1.165) is 25.9 Å². The van der Waals surface area contributed by atoms with Crippen LogP contribution in [0.2, 0.25) is 0 Å². The molecule has 0 aromatic heterocycles. The van der Waals surface area contributed by atoms with Crippen molar-refractivity contribution < 1.29 is 4.79 Å². The van der Waals surface area contributed by atoms with Gasteiger partial charge in [-0.2, -0.15) is 0 Å². The normalized spacial score (nSPS) is 36.8. The molecule has 4 atom stereocenters. The fourth-order valence-electron chi connectivity index (χ4n) is 3.04. The van der Waals surface area contributed by atoms with Gasteiger partial charge >= 0.3 is 0 Å². The first kappa shape index (κ1) is 12.8. The van der Waals surface area contributed by atoms with Gasteiger partial charge in [-0.3, -0.25) is 10.1 Å². The van der Waals surface area contributed by atoms with Crippen LogP contribution in [0, 0.1) is 5.92 Å². The SMILES string of the molecule is CCC(C)C1NC(C)N(C2CCN(C)C2)C1=O. The Kier molecular flexibility index (Phi) is 3.73. The van der Waals surface area contributed by atoms with Gasteiger partial charge in [0.2, 0.25) is 5.91 Å². The molecule has 1 amide bonds. The second-order valence-corrected chi connectivity index (χ2v) is 5.66. The summed E-state index contributed by atoms with van der Waals surface area (Å²) in [6, 6.07) is 0.435. The minimum absolute atomic E-state index is 0.0286. The minimum Gasteiger partial charge on any atom is -0.322 e. The van der Waals surface area contributed by atoms with Crippen LogP contribution in [-0.4, -0.2) is 54.1 Å². The molecule has 2 rings (SSSR count). The molecule has 2 fully saturated rings. The van der Waals surface area contributed by atoms with Crippen LogP contribution in [0.3, 0.4) is 0 Å². The Morgan fingerprint density at radius 1 is 1.53 bits per heavy atom. The molecule has 2 saturated heterocycles. The summed E-state index contributed by atoms with van der Waals surface area (Å²) in [6.45, 7) is 8.54. The van der Waals surface area contributed by atoms with Gasteiger partial charge in [-0.25, -0.2) is 0 Å². The molecule has 2 aliphatic rings. The number of carbonyl (C=O) groups is 1. The van der Waals surface area contributed by atoms with Crippen molar-refractivity contribution in [1.82, 2.24) is 15.1 Å². The fraction of sp³-hybridized carbons (Fsp3) is 0.923. The van der Waals surface area contributed by atoms with E-state index in [0.29, 0.717) is 17.9 Å². The van der Waals surface area contributed by atoms with E-state index in [2.05, 4.69) is 42.9 Å². The molecule has 4 unspecified atom stereocenters. The van der Waals surface area contributed by atoms with Crippen molar-refractivity contribution in [3.63, 3.8) is 0 Å². The number of rotatable bonds is 3. The number of likely N-dealkylation sites (tertiary alicyclic amines) is 1. The smallest absolute Gasteiger partial charge is 0.241 e. The molecule has 0 radical (unpaired) electrons. The predicted octanol–water partition coefficient (Wildman–Crippen LogP) is 0.883. The maximum Gasteiger partial charge on any atom is 0.241 e. The average Bonchev–Trinajstić information content (AvgIpc) is 2.82. The van der Waals surface area contributed by atoms with E-state index < -0.39 is 0 Å². The van der Waals surface area contributed by atoms with Crippen LogP contribution in [0.15, 0.2) is 0 Å². The number of likely N-dealkylation sites (N-methyl/N-ethyl adjacent to an activating group) is 1. The first-order chi connectivity index (χ1) is 8.04. The van der Waals surface area contributed by atoms with Crippen molar-refractivity contribution in [2.75, 3.05) is 20.1 Å². The highest BCUT2D eigenvalue weighted by atomic mass is 16.2. The third-order valence-corrected chi connectivity index (χ3v) is 4.33. The molecule has 0 saturated carbocycles. The molecule has 4 heteroatoms. The Morgan fingerprint density at radius 2 is 2.24 bits per heavy atom. The van der Waals surface area contributed by atoms with E-state index in [1.54, 1.807) is 0 Å². The van der Waals surface area contributed by atoms with Crippen LogP contribution in [0.25, 0.3) is 0 Å². The molecule has 2 heterocycles. The summed E-state index contributed by atoms with van der Waals surface area (Å²) in [5.74, 6) is 0.737. The van der Waals surface area contributed by atoms with Crippen molar-refractivity contribution in [1.29, 1.82) is 0 Å². The molecule has 4 nitrogen and oxygen atoms in total. The lowest BCUT2D eigenvalue weighted by Gasteiger charge is -2.28. The number of nitrogens with zero attached hydrogens (tertiary/aromatic N) is 2. The van der Waals surface area contributed by atoms with E-state index in [9.17, 15) is 4.79 Å². The summed E-state index contributed by atoms with van der Waals surface area (Å²) in [7, 11) is 2.13. The summed E-state index contributed by atoms with van der Waals surface area (Å²) < 4.78 is 0. The van der Waals surface area contributed by atoms with Gasteiger partial charge in [-0.05, 0) is 32.9 Å². The minimum atomic E-state index is 0.0286. The predicted molar refractivity (Wildman–Crippen MR) is 68.6 cm³/mol. The van der Waals surface area contributed by atoms with E-state index >= 15 is 0 Å². The zero-order valence-corrected chi connectivity index (χ0v) is 11.4. The van der Waals surface area contributed by atoms with Crippen molar-refractivity contribution >= 4 is 5.91 Å². The molecule has 0 aliphatic carbocycles. The first-order valence-electron chi connectivity index (χ1n) is 6.81. The summed E-state index contributed by atoms with van der Waals surface area (Å²) in [6.07, 6.45) is 2.36. The van der Waals surface area contributed by atoms with E-state index in [1.165, 1.54) is 0 Å². The van der Waals surface area contributed by atoms with E-state index in [4.69, 9.17) is 0 Å². The van der Waals surface area contributed by atoms with Gasteiger partial charge < -0.3 is 9.80 Å². The Bertz CT molecular complexity index is 294. The number of carbonyl (C=O) groups excluding carboxylic acids is 1. The van der Waals surface area contributed by atoms with E-state index in [-0.39, 0.29) is 12.2 Å². The molecule has 17 heavy (non-hydrogen) atoms. The zero-order chi connectivity index (χ0) is 12.6. The number of hydrogen-bond donors (Lipinski definition) is 1. The fourth-order valence-corrected chi connectivity index (χ4v) is 3.04. The van der Waals surface area contributed by atoms with Crippen LogP contribution in [0.1, 0.15) is 33.6 Å². The number of hydrogen-bond acceptors (Lipinski definition) is 3. The second kappa shape index (κ2) is 4.94. The highest BCUT2D eigenvalue weighted by Gasteiger charge is 2.43. The van der Waals surface area contributed by atoms with Crippen molar-refractivity contribution in [2.24, 2.45) is 5.92 Å². The molecule has 0 aromatic rings. The third kappa shape index (κ3) is 2.33. The van der Waals surface area contributed by atoms with Gasteiger partial charge in [0.25, 0.3) is 0 Å². The first-order valence-corrected chi connectivity index (χ1v) is 6.81. The molecule has 0 bridgehead atoms. The summed E-state index contributed by atoms with van der Waals surface area (Å²) in [5, 5.41) is 3.45. The summed E-state index contributed by atoms with van der Waals surface area (Å²) in [4.78, 5) is 16.8. The maximum atomic E-state index is 12.5. The lowest BCUT2D eigenvalue weighted by molar-refractivity contribution is -0.132. The van der Waals surface area contributed by atoms with E-state index in [1.807, 2.05) is 0 Å². The van der Waals surface area contributed by atoms with Crippen LogP contribution in [-0.2, 0) is 4.79 Å². The Hall–Kier alpha value is -0.610. The van der Waals surface area contributed by atoms with Crippen molar-refractivity contribution in [2.45, 2.75) is 51.9 Å². The molecular weight excluding hydrogens is 214 g/mol. The lowest BCUT2D eigenvalue weighted by Crippen LogP contribution is -2.44.